The van der Waals surface area contributed by atoms with Crippen LogP contribution in [0.15, 0.2) is 42.7 Å². The number of benzene rings is 1. The van der Waals surface area contributed by atoms with E-state index in [9.17, 15) is 4.79 Å². The second-order valence-corrected chi connectivity index (χ2v) is 6.40. The third-order valence-corrected chi connectivity index (χ3v) is 4.59. The van der Waals surface area contributed by atoms with Gasteiger partial charge in [0.2, 0.25) is 5.91 Å². The van der Waals surface area contributed by atoms with Gasteiger partial charge in [-0.05, 0) is 25.2 Å². The molecule has 7 heteroatoms. The Balaban J connectivity index is 1.48. The van der Waals surface area contributed by atoms with Crippen LogP contribution in [0.25, 0.3) is 22.2 Å². The van der Waals surface area contributed by atoms with Crippen LogP contribution in [0.2, 0.25) is 0 Å². The summed E-state index contributed by atoms with van der Waals surface area (Å²) in [6, 6.07) is 9.93. The van der Waals surface area contributed by atoms with E-state index in [1.54, 1.807) is 10.9 Å². The van der Waals surface area contributed by atoms with Crippen LogP contribution in [-0.4, -0.2) is 68.9 Å². The molecule has 1 aliphatic rings. The minimum atomic E-state index is 0.0901. The van der Waals surface area contributed by atoms with Crippen LogP contribution >= 0.6 is 0 Å². The highest BCUT2D eigenvalue weighted by atomic mass is 16.2. The molecular weight excluding hydrogens is 316 g/mol. The Bertz CT molecular complexity index is 897. The van der Waals surface area contributed by atoms with Crippen molar-refractivity contribution in [2.45, 2.75) is 6.54 Å². The number of fused-ring (bicyclic) bond motifs is 1. The zero-order valence-electron chi connectivity index (χ0n) is 14.2. The molecule has 0 N–H and O–H groups in total. The third-order valence-electron chi connectivity index (χ3n) is 4.59. The number of piperazine rings is 1. The molecule has 0 spiro atoms. The van der Waals surface area contributed by atoms with E-state index in [1.807, 2.05) is 41.4 Å². The molecule has 25 heavy (non-hydrogen) atoms. The van der Waals surface area contributed by atoms with Gasteiger partial charge in [0.15, 0.2) is 0 Å². The third kappa shape index (κ3) is 3.36. The summed E-state index contributed by atoms with van der Waals surface area (Å²) in [5.41, 5.74) is 2.68. The number of nitrogens with zero attached hydrogens (tertiary/aromatic N) is 6. The van der Waals surface area contributed by atoms with Crippen molar-refractivity contribution in [1.82, 2.24) is 29.8 Å². The van der Waals surface area contributed by atoms with Crippen molar-refractivity contribution < 1.29 is 4.79 Å². The Morgan fingerprint density at radius 3 is 2.84 bits per heavy atom. The summed E-state index contributed by atoms with van der Waals surface area (Å²) in [5.74, 6) is 0.0901. The van der Waals surface area contributed by atoms with Crippen molar-refractivity contribution in [2.75, 3.05) is 33.2 Å². The number of pyridine rings is 1. The molecule has 1 aliphatic heterocycles. The normalized spacial score (nSPS) is 15.6. The van der Waals surface area contributed by atoms with Gasteiger partial charge >= 0.3 is 0 Å². The van der Waals surface area contributed by atoms with Crippen LogP contribution < -0.4 is 0 Å². The number of rotatable bonds is 3. The fourth-order valence-electron chi connectivity index (χ4n) is 3.04. The van der Waals surface area contributed by atoms with Crippen molar-refractivity contribution in [1.29, 1.82) is 0 Å². The average Bonchev–Trinajstić information content (AvgIpc) is 3.10. The highest BCUT2D eigenvalue weighted by Gasteiger charge is 2.19. The quantitative estimate of drug-likeness (QED) is 0.720. The van der Waals surface area contributed by atoms with E-state index >= 15 is 0 Å². The van der Waals surface area contributed by atoms with E-state index in [2.05, 4.69) is 27.2 Å². The lowest BCUT2D eigenvalue weighted by Crippen LogP contribution is -2.48. The highest BCUT2D eigenvalue weighted by molar-refractivity contribution is 5.83. The molecule has 1 amide bonds. The summed E-state index contributed by atoms with van der Waals surface area (Å²) in [6.07, 6.45) is 3.60. The maximum absolute atomic E-state index is 12.4. The first-order valence-corrected chi connectivity index (χ1v) is 8.41. The zero-order valence-corrected chi connectivity index (χ0v) is 14.2. The van der Waals surface area contributed by atoms with Gasteiger partial charge in [0, 0.05) is 43.3 Å². The molecule has 1 fully saturated rings. The van der Waals surface area contributed by atoms with Crippen LogP contribution in [0.4, 0.5) is 0 Å². The number of hydrogen-bond acceptors (Lipinski definition) is 5. The number of likely N-dealkylation sites (N-methyl/N-ethyl adjacent to an activating group) is 1. The minimum Gasteiger partial charge on any atom is -0.339 e. The standard InChI is InChI=1S/C18H20N6O/c1-22-7-9-23(10-8-22)18(25)13-24-12-17(20-21-24)15-4-5-16-14(11-15)3-2-6-19-16/h2-6,11-12H,7-10,13H2,1H3. The summed E-state index contributed by atoms with van der Waals surface area (Å²) in [6.45, 7) is 3.61. The lowest BCUT2D eigenvalue weighted by molar-refractivity contribution is -0.133. The number of carbonyl (C=O) groups excluding carboxylic acids is 1. The first-order valence-electron chi connectivity index (χ1n) is 8.41. The molecule has 0 bridgehead atoms. The van der Waals surface area contributed by atoms with Crippen LogP contribution in [0.1, 0.15) is 0 Å². The molecule has 3 heterocycles. The summed E-state index contributed by atoms with van der Waals surface area (Å²) in [7, 11) is 2.07. The monoisotopic (exact) mass is 336 g/mol. The molecule has 2 aromatic heterocycles. The summed E-state index contributed by atoms with van der Waals surface area (Å²) >= 11 is 0. The molecule has 0 aliphatic carbocycles. The summed E-state index contributed by atoms with van der Waals surface area (Å²) in [5, 5.41) is 9.39. The molecule has 0 unspecified atom stereocenters. The molecule has 1 aromatic carbocycles. The number of aromatic nitrogens is 4. The van der Waals surface area contributed by atoms with Crippen molar-refractivity contribution in [3.05, 3.63) is 42.7 Å². The molecular formula is C18H20N6O. The lowest BCUT2D eigenvalue weighted by Gasteiger charge is -2.32. The molecule has 0 atom stereocenters. The van der Waals surface area contributed by atoms with Crippen molar-refractivity contribution in [2.24, 2.45) is 0 Å². The Labute approximate surface area is 145 Å². The predicted molar refractivity (Wildman–Crippen MR) is 94.8 cm³/mol. The maximum atomic E-state index is 12.4. The van der Waals surface area contributed by atoms with E-state index in [0.717, 1.165) is 48.3 Å². The van der Waals surface area contributed by atoms with E-state index in [4.69, 9.17) is 0 Å². The topological polar surface area (TPSA) is 67.2 Å². The van der Waals surface area contributed by atoms with E-state index in [0.29, 0.717) is 0 Å². The van der Waals surface area contributed by atoms with Gasteiger partial charge in [-0.3, -0.25) is 9.78 Å². The van der Waals surface area contributed by atoms with Crippen LogP contribution in [0.3, 0.4) is 0 Å². The maximum Gasteiger partial charge on any atom is 0.244 e. The lowest BCUT2D eigenvalue weighted by atomic mass is 10.1. The van der Waals surface area contributed by atoms with Crippen molar-refractivity contribution >= 4 is 16.8 Å². The number of carbonyl (C=O) groups is 1. The van der Waals surface area contributed by atoms with Gasteiger partial charge in [-0.15, -0.1) is 5.10 Å². The highest BCUT2D eigenvalue weighted by Crippen LogP contribution is 2.21. The Morgan fingerprint density at radius 1 is 1.16 bits per heavy atom. The van der Waals surface area contributed by atoms with Crippen LogP contribution in [0, 0.1) is 0 Å². The van der Waals surface area contributed by atoms with Gasteiger partial charge in [-0.1, -0.05) is 17.3 Å². The van der Waals surface area contributed by atoms with Gasteiger partial charge in [-0.25, -0.2) is 4.68 Å². The molecule has 7 nitrogen and oxygen atoms in total. The molecule has 128 valence electrons. The van der Waals surface area contributed by atoms with Gasteiger partial charge in [-0.2, -0.15) is 0 Å². The fraction of sp³-hybridized carbons (Fsp3) is 0.333. The first-order chi connectivity index (χ1) is 12.2. The van der Waals surface area contributed by atoms with Crippen molar-refractivity contribution in [3.63, 3.8) is 0 Å². The number of hydrogen-bond donors (Lipinski definition) is 0. The zero-order chi connectivity index (χ0) is 17.2. The summed E-state index contributed by atoms with van der Waals surface area (Å²) < 4.78 is 1.61. The Kier molecular flexibility index (Phi) is 4.15. The SMILES string of the molecule is CN1CCN(C(=O)Cn2cc(-c3ccc4ncccc4c3)nn2)CC1. The van der Waals surface area contributed by atoms with Gasteiger partial charge in [0.1, 0.15) is 12.2 Å². The second kappa shape index (κ2) is 6.60. The predicted octanol–water partition coefficient (Wildman–Crippen LogP) is 1.27. The first kappa shape index (κ1) is 15.7. The Morgan fingerprint density at radius 2 is 2.00 bits per heavy atom. The molecule has 4 rings (SSSR count). The van der Waals surface area contributed by atoms with E-state index < -0.39 is 0 Å². The molecule has 1 saturated heterocycles. The van der Waals surface area contributed by atoms with Gasteiger partial charge in [0.25, 0.3) is 0 Å². The number of amides is 1. The summed E-state index contributed by atoms with van der Waals surface area (Å²) in [4.78, 5) is 20.8. The molecule has 3 aromatic rings. The van der Waals surface area contributed by atoms with E-state index in [-0.39, 0.29) is 12.5 Å². The second-order valence-electron chi connectivity index (χ2n) is 6.40. The smallest absolute Gasteiger partial charge is 0.244 e. The van der Waals surface area contributed by atoms with Crippen molar-refractivity contribution in [3.8, 4) is 11.3 Å². The molecule has 0 radical (unpaired) electrons. The van der Waals surface area contributed by atoms with Crippen LogP contribution in [0.5, 0.6) is 0 Å². The molecule has 0 saturated carbocycles. The van der Waals surface area contributed by atoms with Gasteiger partial charge in [0.05, 0.1) is 11.7 Å². The van der Waals surface area contributed by atoms with Gasteiger partial charge < -0.3 is 9.80 Å². The average molecular weight is 336 g/mol. The fourth-order valence-corrected chi connectivity index (χ4v) is 3.04. The largest absolute Gasteiger partial charge is 0.339 e. The van der Waals surface area contributed by atoms with E-state index in [1.165, 1.54) is 0 Å². The minimum absolute atomic E-state index is 0.0901. The Hall–Kier alpha value is -2.80. The van der Waals surface area contributed by atoms with Crippen LogP contribution in [-0.2, 0) is 11.3 Å².